The molecule has 20 heavy (non-hydrogen) atoms. The number of aryl methyl sites for hydroxylation is 1. The third kappa shape index (κ3) is 1.69. The number of ketones is 1. The number of rotatable bonds is 2. The van der Waals surface area contributed by atoms with Crippen LogP contribution in [-0.2, 0) is 5.92 Å². The first kappa shape index (κ1) is 13.0. The van der Waals surface area contributed by atoms with Crippen LogP contribution >= 0.6 is 0 Å². The molecular formula is C17H14F2O. The minimum Gasteiger partial charge on any atom is -0.294 e. The Morgan fingerprint density at radius 2 is 1.65 bits per heavy atom. The number of hydrogen-bond donors (Lipinski definition) is 0. The molecular weight excluding hydrogens is 258 g/mol. The molecule has 3 rings (SSSR count). The summed E-state index contributed by atoms with van der Waals surface area (Å²) < 4.78 is 29.1. The largest absolute Gasteiger partial charge is 0.299 e. The van der Waals surface area contributed by atoms with E-state index in [9.17, 15) is 13.6 Å². The fourth-order valence-electron chi connectivity index (χ4n) is 2.71. The summed E-state index contributed by atoms with van der Waals surface area (Å²) in [5.74, 6) is -3.14. The smallest absolute Gasteiger partial charge is 0.294 e. The van der Waals surface area contributed by atoms with Gasteiger partial charge in [-0.05, 0) is 30.2 Å². The number of carbonyl (C=O) groups excluding carboxylic acids is 1. The molecule has 2 aromatic rings. The SMILES string of the molecule is CCC(=O)c1ccc2c(c1)C(F)(F)c1cc(C)ccc1-2. The normalized spacial score (nSPS) is 14.8. The predicted octanol–water partition coefficient (Wildman–Crippen LogP) is 4.71. The molecule has 1 aliphatic carbocycles. The zero-order valence-electron chi connectivity index (χ0n) is 11.3. The molecule has 0 amide bonds. The van der Waals surface area contributed by atoms with Gasteiger partial charge in [-0.3, -0.25) is 4.79 Å². The van der Waals surface area contributed by atoms with E-state index < -0.39 is 5.92 Å². The first-order valence-electron chi connectivity index (χ1n) is 6.62. The second-order valence-corrected chi connectivity index (χ2v) is 5.16. The van der Waals surface area contributed by atoms with Crippen molar-refractivity contribution in [1.82, 2.24) is 0 Å². The van der Waals surface area contributed by atoms with Crippen LogP contribution in [0.25, 0.3) is 11.1 Å². The van der Waals surface area contributed by atoms with E-state index in [1.165, 1.54) is 12.1 Å². The minimum atomic E-state index is -3.03. The number of halogens is 2. The number of Topliss-reactive ketones (excluding diaryl/α,β-unsaturated/α-hetero) is 1. The van der Waals surface area contributed by atoms with Crippen molar-refractivity contribution >= 4 is 5.78 Å². The van der Waals surface area contributed by atoms with Crippen molar-refractivity contribution < 1.29 is 13.6 Å². The summed E-state index contributed by atoms with van der Waals surface area (Å²) in [7, 11) is 0. The average Bonchev–Trinajstić information content (AvgIpc) is 2.66. The molecule has 0 radical (unpaired) electrons. The van der Waals surface area contributed by atoms with Crippen molar-refractivity contribution in [2.24, 2.45) is 0 Å². The standard InChI is InChI=1S/C17H14F2O/c1-3-16(20)11-5-7-13-12-6-4-10(2)8-14(12)17(18,19)15(13)9-11/h4-9H,3H2,1-2H3. The van der Waals surface area contributed by atoms with E-state index in [1.54, 1.807) is 32.0 Å². The molecule has 102 valence electrons. The average molecular weight is 272 g/mol. The highest BCUT2D eigenvalue weighted by atomic mass is 19.3. The summed E-state index contributed by atoms with van der Waals surface area (Å²) in [6.45, 7) is 3.52. The van der Waals surface area contributed by atoms with Gasteiger partial charge in [0.1, 0.15) is 0 Å². The van der Waals surface area contributed by atoms with Crippen LogP contribution in [0.2, 0.25) is 0 Å². The molecule has 1 aliphatic rings. The zero-order chi connectivity index (χ0) is 14.5. The number of hydrogen-bond acceptors (Lipinski definition) is 1. The third-order valence-electron chi connectivity index (χ3n) is 3.80. The lowest BCUT2D eigenvalue weighted by molar-refractivity contribution is 0.0479. The third-order valence-corrected chi connectivity index (χ3v) is 3.80. The van der Waals surface area contributed by atoms with Crippen LogP contribution < -0.4 is 0 Å². The second-order valence-electron chi connectivity index (χ2n) is 5.16. The molecule has 1 nitrogen and oxygen atoms in total. The van der Waals surface area contributed by atoms with Gasteiger partial charge >= 0.3 is 0 Å². The molecule has 0 heterocycles. The van der Waals surface area contributed by atoms with Gasteiger partial charge in [-0.15, -0.1) is 0 Å². The Hall–Kier alpha value is -2.03. The van der Waals surface area contributed by atoms with Gasteiger partial charge in [0.25, 0.3) is 5.92 Å². The highest BCUT2D eigenvalue weighted by Gasteiger charge is 2.44. The van der Waals surface area contributed by atoms with Gasteiger partial charge in [0, 0.05) is 23.1 Å². The molecule has 0 saturated carbocycles. The van der Waals surface area contributed by atoms with E-state index in [-0.39, 0.29) is 16.9 Å². The number of carbonyl (C=O) groups is 1. The van der Waals surface area contributed by atoms with Crippen molar-refractivity contribution in [2.75, 3.05) is 0 Å². The monoisotopic (exact) mass is 272 g/mol. The van der Waals surface area contributed by atoms with E-state index in [0.717, 1.165) is 5.56 Å². The van der Waals surface area contributed by atoms with E-state index in [4.69, 9.17) is 0 Å². The first-order chi connectivity index (χ1) is 9.45. The van der Waals surface area contributed by atoms with Crippen LogP contribution in [0.5, 0.6) is 0 Å². The quantitative estimate of drug-likeness (QED) is 0.724. The fraction of sp³-hybridized carbons (Fsp3) is 0.235. The molecule has 0 unspecified atom stereocenters. The summed E-state index contributed by atoms with van der Waals surface area (Å²) in [4.78, 5) is 11.7. The van der Waals surface area contributed by atoms with Gasteiger partial charge in [0.05, 0.1) is 0 Å². The Bertz CT molecular complexity index is 717. The molecule has 0 spiro atoms. The minimum absolute atomic E-state index is 0.0357. The summed E-state index contributed by atoms with van der Waals surface area (Å²) >= 11 is 0. The van der Waals surface area contributed by atoms with Gasteiger partial charge < -0.3 is 0 Å². The number of alkyl halides is 2. The molecule has 0 aliphatic heterocycles. The summed E-state index contributed by atoms with van der Waals surface area (Å²) in [5.41, 5.74) is 2.23. The molecule has 0 fully saturated rings. The summed E-state index contributed by atoms with van der Waals surface area (Å²) in [5, 5.41) is 0. The summed E-state index contributed by atoms with van der Waals surface area (Å²) in [6.07, 6.45) is 0.316. The van der Waals surface area contributed by atoms with Gasteiger partial charge in [-0.1, -0.05) is 36.8 Å². The molecule has 3 heteroatoms. The maximum absolute atomic E-state index is 14.5. The lowest BCUT2D eigenvalue weighted by Crippen LogP contribution is -2.12. The van der Waals surface area contributed by atoms with Crippen molar-refractivity contribution in [1.29, 1.82) is 0 Å². The maximum Gasteiger partial charge on any atom is 0.299 e. The Balaban J connectivity index is 2.24. The van der Waals surface area contributed by atoms with Crippen molar-refractivity contribution in [3.63, 3.8) is 0 Å². The van der Waals surface area contributed by atoms with E-state index in [0.29, 0.717) is 23.1 Å². The highest BCUT2D eigenvalue weighted by Crippen LogP contribution is 2.51. The van der Waals surface area contributed by atoms with E-state index >= 15 is 0 Å². The lowest BCUT2D eigenvalue weighted by Gasteiger charge is -2.13. The lowest BCUT2D eigenvalue weighted by atomic mass is 10.00. The van der Waals surface area contributed by atoms with E-state index in [2.05, 4.69) is 0 Å². The van der Waals surface area contributed by atoms with Crippen molar-refractivity contribution in [3.8, 4) is 11.1 Å². The topological polar surface area (TPSA) is 17.1 Å². The summed E-state index contributed by atoms with van der Waals surface area (Å²) in [6, 6.07) is 9.69. The predicted molar refractivity (Wildman–Crippen MR) is 74.2 cm³/mol. The van der Waals surface area contributed by atoms with Crippen LogP contribution in [-0.4, -0.2) is 5.78 Å². The van der Waals surface area contributed by atoms with E-state index in [1.807, 2.05) is 6.07 Å². The fourth-order valence-corrected chi connectivity index (χ4v) is 2.71. The van der Waals surface area contributed by atoms with Gasteiger partial charge in [0.2, 0.25) is 0 Å². The highest BCUT2D eigenvalue weighted by molar-refractivity contribution is 5.97. The molecule has 0 N–H and O–H groups in total. The zero-order valence-corrected chi connectivity index (χ0v) is 11.3. The molecule has 2 aromatic carbocycles. The molecule has 0 saturated heterocycles. The Morgan fingerprint density at radius 1 is 1.05 bits per heavy atom. The number of fused-ring (bicyclic) bond motifs is 3. The van der Waals surface area contributed by atoms with Crippen LogP contribution in [0.4, 0.5) is 8.78 Å². The Kier molecular flexibility index (Phi) is 2.75. The van der Waals surface area contributed by atoms with Crippen LogP contribution in [0.3, 0.4) is 0 Å². The Morgan fingerprint density at radius 3 is 2.30 bits per heavy atom. The second kappa shape index (κ2) is 4.23. The van der Waals surface area contributed by atoms with Crippen LogP contribution in [0.1, 0.15) is 40.4 Å². The van der Waals surface area contributed by atoms with Crippen LogP contribution in [0.15, 0.2) is 36.4 Å². The van der Waals surface area contributed by atoms with Crippen LogP contribution in [0, 0.1) is 6.92 Å². The molecule has 0 atom stereocenters. The van der Waals surface area contributed by atoms with Gasteiger partial charge in [0.15, 0.2) is 5.78 Å². The van der Waals surface area contributed by atoms with Gasteiger partial charge in [-0.2, -0.15) is 8.78 Å². The molecule has 0 bridgehead atoms. The molecule has 0 aromatic heterocycles. The van der Waals surface area contributed by atoms with Crippen molar-refractivity contribution in [3.05, 3.63) is 58.7 Å². The first-order valence-corrected chi connectivity index (χ1v) is 6.62. The van der Waals surface area contributed by atoms with Crippen molar-refractivity contribution in [2.45, 2.75) is 26.2 Å². The van der Waals surface area contributed by atoms with Gasteiger partial charge in [-0.25, -0.2) is 0 Å². The maximum atomic E-state index is 14.5. The Labute approximate surface area is 116 Å². The number of benzene rings is 2.